The number of aliphatic hydroxyl groups excluding tert-OH is 1. The van der Waals surface area contributed by atoms with Crippen molar-refractivity contribution in [1.82, 2.24) is 5.32 Å². The zero-order valence-electron chi connectivity index (χ0n) is 8.62. The Morgan fingerprint density at radius 3 is 2.93 bits per heavy atom. The van der Waals surface area contributed by atoms with Crippen molar-refractivity contribution in [3.8, 4) is 0 Å². The van der Waals surface area contributed by atoms with Crippen molar-refractivity contribution in [2.24, 2.45) is 11.1 Å². The molecule has 4 N–H and O–H groups in total. The van der Waals surface area contributed by atoms with Crippen LogP contribution in [0.15, 0.2) is 0 Å². The Labute approximate surface area is 83.6 Å². The predicted molar refractivity (Wildman–Crippen MR) is 51.6 cm³/mol. The second-order valence-corrected chi connectivity index (χ2v) is 4.10. The van der Waals surface area contributed by atoms with Crippen LogP contribution in [0, 0.1) is 5.41 Å². The van der Waals surface area contributed by atoms with Gasteiger partial charge in [0.1, 0.15) is 0 Å². The molecule has 82 valence electrons. The minimum atomic E-state index is -0.658. The quantitative estimate of drug-likeness (QED) is 0.539. The highest BCUT2D eigenvalue weighted by molar-refractivity contribution is 5.83. The van der Waals surface area contributed by atoms with Gasteiger partial charge in [0.25, 0.3) is 0 Å². The van der Waals surface area contributed by atoms with Gasteiger partial charge in [0.2, 0.25) is 5.91 Å². The summed E-state index contributed by atoms with van der Waals surface area (Å²) in [4.78, 5) is 11.7. The van der Waals surface area contributed by atoms with E-state index in [2.05, 4.69) is 5.32 Å². The van der Waals surface area contributed by atoms with Gasteiger partial charge in [-0.15, -0.1) is 0 Å². The number of nitrogens with two attached hydrogens (primary N) is 1. The third kappa shape index (κ3) is 2.23. The van der Waals surface area contributed by atoms with Gasteiger partial charge in [-0.3, -0.25) is 4.79 Å². The lowest BCUT2D eigenvalue weighted by Crippen LogP contribution is -2.51. The number of carbonyl (C=O) groups is 1. The lowest BCUT2D eigenvalue weighted by molar-refractivity contribution is -0.131. The van der Waals surface area contributed by atoms with E-state index in [0.29, 0.717) is 13.2 Å². The summed E-state index contributed by atoms with van der Waals surface area (Å²) in [6, 6.07) is -0.267. The van der Waals surface area contributed by atoms with E-state index in [-0.39, 0.29) is 18.5 Å². The van der Waals surface area contributed by atoms with Crippen molar-refractivity contribution >= 4 is 5.91 Å². The van der Waals surface area contributed by atoms with Gasteiger partial charge in [0, 0.05) is 12.6 Å². The van der Waals surface area contributed by atoms with Crippen LogP contribution < -0.4 is 11.1 Å². The second-order valence-electron chi connectivity index (χ2n) is 4.10. The van der Waals surface area contributed by atoms with Gasteiger partial charge in [-0.1, -0.05) is 0 Å². The van der Waals surface area contributed by atoms with E-state index in [4.69, 9.17) is 15.6 Å². The van der Waals surface area contributed by atoms with Crippen LogP contribution in [0.3, 0.4) is 0 Å². The summed E-state index contributed by atoms with van der Waals surface area (Å²) in [6.07, 6.45) is -0.541. The van der Waals surface area contributed by atoms with Crippen LogP contribution in [0.25, 0.3) is 0 Å². The molecule has 1 heterocycles. The van der Waals surface area contributed by atoms with E-state index >= 15 is 0 Å². The Morgan fingerprint density at radius 1 is 1.86 bits per heavy atom. The lowest BCUT2D eigenvalue weighted by atomic mass is 9.85. The van der Waals surface area contributed by atoms with Gasteiger partial charge >= 0.3 is 0 Å². The van der Waals surface area contributed by atoms with E-state index < -0.39 is 11.5 Å². The average Bonchev–Trinajstić information content (AvgIpc) is 2.44. The number of aliphatic hydroxyl groups is 1. The Bertz CT molecular complexity index is 220. The smallest absolute Gasteiger partial charge is 0.230 e. The SMILES string of the molecule is C[C@@H](O)CNC(=O)C1(C)COCC1N. The molecule has 3 atom stereocenters. The molecule has 0 spiro atoms. The molecule has 1 aliphatic heterocycles. The van der Waals surface area contributed by atoms with Crippen molar-refractivity contribution in [3.05, 3.63) is 0 Å². The van der Waals surface area contributed by atoms with Gasteiger partial charge in [-0.05, 0) is 13.8 Å². The van der Waals surface area contributed by atoms with E-state index in [1.165, 1.54) is 0 Å². The third-order valence-corrected chi connectivity index (χ3v) is 2.59. The van der Waals surface area contributed by atoms with Crippen LogP contribution in [0.1, 0.15) is 13.8 Å². The first kappa shape index (κ1) is 11.4. The molecule has 0 aromatic carbocycles. The zero-order valence-corrected chi connectivity index (χ0v) is 8.62. The van der Waals surface area contributed by atoms with Crippen molar-refractivity contribution in [2.45, 2.75) is 26.0 Å². The van der Waals surface area contributed by atoms with Gasteiger partial charge in [-0.2, -0.15) is 0 Å². The third-order valence-electron chi connectivity index (χ3n) is 2.59. The summed E-state index contributed by atoms with van der Waals surface area (Å²) in [7, 11) is 0. The molecule has 0 aliphatic carbocycles. The van der Waals surface area contributed by atoms with Gasteiger partial charge < -0.3 is 20.9 Å². The maximum absolute atomic E-state index is 11.7. The molecule has 0 saturated carbocycles. The van der Waals surface area contributed by atoms with Gasteiger partial charge in [0.05, 0.1) is 24.7 Å². The minimum Gasteiger partial charge on any atom is -0.392 e. The molecule has 5 heteroatoms. The van der Waals surface area contributed by atoms with E-state index in [9.17, 15) is 4.79 Å². The van der Waals surface area contributed by atoms with Crippen LogP contribution in [0.5, 0.6) is 0 Å². The van der Waals surface area contributed by atoms with Crippen molar-refractivity contribution in [1.29, 1.82) is 0 Å². The first-order valence-corrected chi connectivity index (χ1v) is 4.76. The molecule has 1 rings (SSSR count). The summed E-state index contributed by atoms with van der Waals surface area (Å²) in [6.45, 7) is 4.41. The molecule has 1 saturated heterocycles. The fourth-order valence-corrected chi connectivity index (χ4v) is 1.37. The fraction of sp³-hybridized carbons (Fsp3) is 0.889. The van der Waals surface area contributed by atoms with Crippen LogP contribution in [0.2, 0.25) is 0 Å². The summed E-state index contributed by atoms with van der Waals surface area (Å²) < 4.78 is 5.15. The Morgan fingerprint density at radius 2 is 2.50 bits per heavy atom. The van der Waals surface area contributed by atoms with E-state index in [1.807, 2.05) is 0 Å². The second kappa shape index (κ2) is 4.25. The molecule has 0 bridgehead atoms. The highest BCUT2D eigenvalue weighted by atomic mass is 16.5. The number of nitrogens with one attached hydrogen (secondary N) is 1. The molecular formula is C9H18N2O3. The molecular weight excluding hydrogens is 184 g/mol. The molecule has 1 fully saturated rings. The Hall–Kier alpha value is -0.650. The largest absolute Gasteiger partial charge is 0.392 e. The maximum Gasteiger partial charge on any atom is 0.230 e. The highest BCUT2D eigenvalue weighted by Gasteiger charge is 2.44. The first-order chi connectivity index (χ1) is 6.47. The summed E-state index contributed by atoms with van der Waals surface area (Å²) >= 11 is 0. The van der Waals surface area contributed by atoms with Crippen molar-refractivity contribution in [2.75, 3.05) is 19.8 Å². The van der Waals surface area contributed by atoms with Crippen LogP contribution >= 0.6 is 0 Å². The number of amides is 1. The first-order valence-electron chi connectivity index (χ1n) is 4.76. The topological polar surface area (TPSA) is 84.6 Å². The Kier molecular flexibility index (Phi) is 3.47. The normalized spacial score (nSPS) is 34.1. The molecule has 0 radical (unpaired) electrons. The molecule has 0 aromatic rings. The number of carbonyl (C=O) groups excluding carboxylic acids is 1. The Balaban J connectivity index is 2.50. The van der Waals surface area contributed by atoms with Gasteiger partial charge in [-0.25, -0.2) is 0 Å². The molecule has 1 aliphatic rings. The van der Waals surface area contributed by atoms with E-state index in [0.717, 1.165) is 0 Å². The standard InChI is InChI=1S/C9H18N2O3/c1-6(12)3-11-8(13)9(2)5-14-4-7(9)10/h6-7,12H,3-5,10H2,1-2H3,(H,11,13)/t6-,7?,9?/m1/s1. The number of rotatable bonds is 3. The molecule has 0 aromatic heterocycles. The molecule has 1 amide bonds. The molecule has 2 unspecified atom stereocenters. The highest BCUT2D eigenvalue weighted by Crippen LogP contribution is 2.26. The van der Waals surface area contributed by atoms with E-state index in [1.54, 1.807) is 13.8 Å². The predicted octanol–water partition coefficient (Wildman–Crippen LogP) is -1.15. The van der Waals surface area contributed by atoms with Crippen LogP contribution in [-0.2, 0) is 9.53 Å². The van der Waals surface area contributed by atoms with Crippen LogP contribution in [0.4, 0.5) is 0 Å². The number of hydrogen-bond acceptors (Lipinski definition) is 4. The van der Waals surface area contributed by atoms with Crippen molar-refractivity contribution in [3.63, 3.8) is 0 Å². The summed E-state index contributed by atoms with van der Waals surface area (Å²) in [5.74, 6) is -0.150. The fourth-order valence-electron chi connectivity index (χ4n) is 1.37. The van der Waals surface area contributed by atoms with Crippen LogP contribution in [-0.4, -0.2) is 42.9 Å². The maximum atomic E-state index is 11.7. The number of hydrogen-bond donors (Lipinski definition) is 3. The average molecular weight is 202 g/mol. The summed E-state index contributed by atoms with van der Waals surface area (Å²) in [5.41, 5.74) is 5.11. The van der Waals surface area contributed by atoms with Crippen molar-refractivity contribution < 1.29 is 14.6 Å². The monoisotopic (exact) mass is 202 g/mol. The zero-order chi connectivity index (χ0) is 10.8. The molecule has 14 heavy (non-hydrogen) atoms. The van der Waals surface area contributed by atoms with Gasteiger partial charge in [0.15, 0.2) is 0 Å². The summed E-state index contributed by atoms with van der Waals surface area (Å²) in [5, 5.41) is 11.7. The lowest BCUT2D eigenvalue weighted by Gasteiger charge is -2.25. The molecule has 5 nitrogen and oxygen atoms in total. The minimum absolute atomic E-state index is 0.150. The number of ether oxygens (including phenoxy) is 1.